The summed E-state index contributed by atoms with van der Waals surface area (Å²) >= 11 is 0. The molecule has 0 saturated heterocycles. The summed E-state index contributed by atoms with van der Waals surface area (Å²) in [5, 5.41) is 8.67. The molecule has 0 aromatic rings. The van der Waals surface area contributed by atoms with E-state index < -0.39 is 24.5 Å². The number of carboxylic acids is 1. The van der Waals surface area contributed by atoms with Gasteiger partial charge in [-0.1, -0.05) is 12.2 Å². The monoisotopic (exact) mass is 241 g/mol. The Hall–Kier alpha value is -2.05. The number of hydrogen-bond donors (Lipinski definition) is 2. The number of rotatable bonds is 4. The van der Waals surface area contributed by atoms with Crippen LogP contribution in [0, 0.1) is 0 Å². The van der Waals surface area contributed by atoms with Gasteiger partial charge in [-0.25, -0.2) is 4.79 Å². The molecular formula is C10H15N3O4. The SMILES string of the molecule is NC(=O)CN(CC(=O)O)C(=O)N1CC=CCC1. The zero-order chi connectivity index (χ0) is 12.8. The lowest BCUT2D eigenvalue weighted by Gasteiger charge is -2.29. The number of aliphatic carboxylic acids is 1. The third-order valence-corrected chi connectivity index (χ3v) is 2.27. The lowest BCUT2D eigenvalue weighted by molar-refractivity contribution is -0.138. The molecule has 0 aromatic carbocycles. The van der Waals surface area contributed by atoms with Crippen LogP contribution >= 0.6 is 0 Å². The van der Waals surface area contributed by atoms with Crippen molar-refractivity contribution in [3.63, 3.8) is 0 Å². The topological polar surface area (TPSA) is 104 Å². The number of hydrogen-bond acceptors (Lipinski definition) is 3. The van der Waals surface area contributed by atoms with E-state index >= 15 is 0 Å². The highest BCUT2D eigenvalue weighted by molar-refractivity contribution is 5.86. The van der Waals surface area contributed by atoms with Gasteiger partial charge in [0.2, 0.25) is 5.91 Å². The number of nitrogens with zero attached hydrogens (tertiary/aromatic N) is 2. The Kier molecular flexibility index (Phi) is 4.50. The minimum Gasteiger partial charge on any atom is -0.480 e. The molecule has 0 fully saturated rings. The molecule has 0 spiro atoms. The summed E-state index contributed by atoms with van der Waals surface area (Å²) in [6, 6.07) is -0.476. The van der Waals surface area contributed by atoms with E-state index in [1.807, 2.05) is 12.2 Å². The molecule has 0 aromatic heterocycles. The summed E-state index contributed by atoms with van der Waals surface area (Å²) in [7, 11) is 0. The van der Waals surface area contributed by atoms with Gasteiger partial charge in [-0.3, -0.25) is 9.59 Å². The van der Waals surface area contributed by atoms with Gasteiger partial charge in [0.15, 0.2) is 0 Å². The van der Waals surface area contributed by atoms with Crippen molar-refractivity contribution in [1.29, 1.82) is 0 Å². The molecule has 0 bridgehead atoms. The summed E-state index contributed by atoms with van der Waals surface area (Å²) in [4.78, 5) is 35.7. The van der Waals surface area contributed by atoms with E-state index in [0.29, 0.717) is 13.1 Å². The molecule has 94 valence electrons. The Balaban J connectivity index is 2.67. The quantitative estimate of drug-likeness (QED) is 0.631. The Morgan fingerprint density at radius 3 is 2.47 bits per heavy atom. The molecular weight excluding hydrogens is 226 g/mol. The molecule has 0 saturated carbocycles. The molecule has 1 rings (SSSR count). The molecule has 1 heterocycles. The van der Waals surface area contributed by atoms with Gasteiger partial charge in [-0.15, -0.1) is 0 Å². The van der Waals surface area contributed by atoms with Crippen molar-refractivity contribution in [2.45, 2.75) is 6.42 Å². The number of carbonyl (C=O) groups excluding carboxylic acids is 2. The van der Waals surface area contributed by atoms with E-state index in [1.165, 1.54) is 4.90 Å². The van der Waals surface area contributed by atoms with Crippen LogP contribution in [0.1, 0.15) is 6.42 Å². The smallest absolute Gasteiger partial charge is 0.323 e. The summed E-state index contributed by atoms with van der Waals surface area (Å²) in [6.07, 6.45) is 4.49. The second-order valence-electron chi connectivity index (χ2n) is 3.70. The number of primary amides is 1. The first-order chi connectivity index (χ1) is 8.00. The molecule has 3 N–H and O–H groups in total. The zero-order valence-corrected chi connectivity index (χ0v) is 9.33. The fourth-order valence-corrected chi connectivity index (χ4v) is 1.56. The summed E-state index contributed by atoms with van der Waals surface area (Å²) in [5.74, 6) is -1.90. The minimum absolute atomic E-state index is 0.384. The van der Waals surface area contributed by atoms with Crippen LogP contribution in [0.4, 0.5) is 4.79 Å². The van der Waals surface area contributed by atoms with E-state index in [-0.39, 0.29) is 6.54 Å². The van der Waals surface area contributed by atoms with Crippen LogP contribution in [-0.4, -0.2) is 59.0 Å². The predicted octanol–water partition coefficient (Wildman–Crippen LogP) is -0.760. The molecule has 7 heteroatoms. The number of carboxylic acid groups (broad SMARTS) is 1. The van der Waals surface area contributed by atoms with Gasteiger partial charge in [0.05, 0.1) is 0 Å². The Labute approximate surface area is 98.5 Å². The predicted molar refractivity (Wildman–Crippen MR) is 59.1 cm³/mol. The van der Waals surface area contributed by atoms with Gasteiger partial charge in [0.25, 0.3) is 0 Å². The molecule has 0 atom stereocenters. The minimum atomic E-state index is -1.17. The van der Waals surface area contributed by atoms with Crippen LogP contribution in [0.15, 0.2) is 12.2 Å². The largest absolute Gasteiger partial charge is 0.480 e. The normalized spacial score (nSPS) is 14.5. The highest BCUT2D eigenvalue weighted by Gasteiger charge is 2.24. The van der Waals surface area contributed by atoms with Crippen LogP contribution < -0.4 is 5.73 Å². The molecule has 1 aliphatic rings. The summed E-state index contributed by atoms with van der Waals surface area (Å²) < 4.78 is 0. The van der Waals surface area contributed by atoms with E-state index in [9.17, 15) is 14.4 Å². The fraction of sp³-hybridized carbons (Fsp3) is 0.500. The zero-order valence-electron chi connectivity index (χ0n) is 9.33. The first-order valence-corrected chi connectivity index (χ1v) is 5.19. The highest BCUT2D eigenvalue weighted by Crippen LogP contribution is 2.05. The maximum Gasteiger partial charge on any atom is 0.323 e. The van der Waals surface area contributed by atoms with Crippen molar-refractivity contribution in [2.24, 2.45) is 5.73 Å². The number of carbonyl (C=O) groups is 3. The molecule has 3 amide bonds. The van der Waals surface area contributed by atoms with Crippen molar-refractivity contribution >= 4 is 17.9 Å². The standard InChI is InChI=1S/C10H15N3O4/c11-8(14)6-13(7-9(15)16)10(17)12-4-2-1-3-5-12/h1-2H,3-7H2,(H2,11,14)(H,15,16). The first kappa shape index (κ1) is 13.0. The van der Waals surface area contributed by atoms with Crippen LogP contribution in [-0.2, 0) is 9.59 Å². The van der Waals surface area contributed by atoms with Crippen molar-refractivity contribution < 1.29 is 19.5 Å². The van der Waals surface area contributed by atoms with Gasteiger partial charge in [0, 0.05) is 13.1 Å². The van der Waals surface area contributed by atoms with Crippen molar-refractivity contribution in [3.05, 3.63) is 12.2 Å². The molecule has 17 heavy (non-hydrogen) atoms. The number of amides is 3. The van der Waals surface area contributed by atoms with Crippen LogP contribution in [0.3, 0.4) is 0 Å². The molecule has 0 unspecified atom stereocenters. The number of nitrogens with two attached hydrogens (primary N) is 1. The van der Waals surface area contributed by atoms with E-state index in [4.69, 9.17) is 10.8 Å². The van der Waals surface area contributed by atoms with Gasteiger partial charge >= 0.3 is 12.0 Å². The second-order valence-corrected chi connectivity index (χ2v) is 3.70. The van der Waals surface area contributed by atoms with Crippen LogP contribution in [0.25, 0.3) is 0 Å². The van der Waals surface area contributed by atoms with E-state index in [1.54, 1.807) is 0 Å². The Morgan fingerprint density at radius 2 is 2.00 bits per heavy atom. The van der Waals surface area contributed by atoms with Crippen molar-refractivity contribution in [2.75, 3.05) is 26.2 Å². The molecule has 7 nitrogen and oxygen atoms in total. The molecule has 0 radical (unpaired) electrons. The summed E-state index contributed by atoms with van der Waals surface area (Å²) in [6.45, 7) is 0.0330. The van der Waals surface area contributed by atoms with Crippen LogP contribution in [0.2, 0.25) is 0 Å². The van der Waals surface area contributed by atoms with E-state index in [0.717, 1.165) is 11.3 Å². The lowest BCUT2D eigenvalue weighted by atomic mass is 10.2. The average Bonchev–Trinajstić information content (AvgIpc) is 2.27. The van der Waals surface area contributed by atoms with Gasteiger partial charge in [0.1, 0.15) is 13.1 Å². The summed E-state index contributed by atoms with van der Waals surface area (Å²) in [5.41, 5.74) is 4.98. The van der Waals surface area contributed by atoms with Gasteiger partial charge in [-0.2, -0.15) is 0 Å². The molecule has 1 aliphatic heterocycles. The molecule has 0 aliphatic carbocycles. The Bertz CT molecular complexity index is 337. The third kappa shape index (κ3) is 4.13. The van der Waals surface area contributed by atoms with Gasteiger partial charge < -0.3 is 20.6 Å². The third-order valence-electron chi connectivity index (χ3n) is 2.27. The lowest BCUT2D eigenvalue weighted by Crippen LogP contribution is -2.49. The van der Waals surface area contributed by atoms with Crippen molar-refractivity contribution in [1.82, 2.24) is 9.80 Å². The highest BCUT2D eigenvalue weighted by atomic mass is 16.4. The second kappa shape index (κ2) is 5.88. The van der Waals surface area contributed by atoms with E-state index in [2.05, 4.69) is 0 Å². The van der Waals surface area contributed by atoms with Crippen LogP contribution in [0.5, 0.6) is 0 Å². The fourth-order valence-electron chi connectivity index (χ4n) is 1.56. The van der Waals surface area contributed by atoms with Crippen molar-refractivity contribution in [3.8, 4) is 0 Å². The maximum atomic E-state index is 11.9. The maximum absolute atomic E-state index is 11.9. The van der Waals surface area contributed by atoms with Gasteiger partial charge in [-0.05, 0) is 6.42 Å². The Morgan fingerprint density at radius 1 is 1.29 bits per heavy atom. The number of urea groups is 1. The first-order valence-electron chi connectivity index (χ1n) is 5.19. The average molecular weight is 241 g/mol.